The van der Waals surface area contributed by atoms with Crippen molar-refractivity contribution in [3.63, 3.8) is 0 Å². The topological polar surface area (TPSA) is 84.6 Å². The van der Waals surface area contributed by atoms with E-state index < -0.39 is 10.0 Å². The maximum Gasteiger partial charge on any atom is 0.243 e. The average molecular weight is 343 g/mol. The summed E-state index contributed by atoms with van der Waals surface area (Å²) < 4.78 is 26.8. The number of aromatic hydroxyl groups is 1. The first kappa shape index (κ1) is 16.3. The Morgan fingerprint density at radius 2 is 1.71 bits per heavy atom. The molecule has 2 aromatic carbocycles. The molecule has 3 rings (SSSR count). The third-order valence-corrected chi connectivity index (χ3v) is 5.96. The second-order valence-corrected chi connectivity index (χ2v) is 7.46. The lowest BCUT2D eigenvalue weighted by Crippen LogP contribution is -2.48. The van der Waals surface area contributed by atoms with Gasteiger partial charge in [0.2, 0.25) is 10.0 Å². The molecule has 7 heteroatoms. The first-order valence-electron chi connectivity index (χ1n) is 7.55. The van der Waals surface area contributed by atoms with Crippen LogP contribution in [0.2, 0.25) is 0 Å². The van der Waals surface area contributed by atoms with Gasteiger partial charge in [0.1, 0.15) is 5.75 Å². The van der Waals surface area contributed by atoms with Crippen molar-refractivity contribution >= 4 is 15.7 Å². The van der Waals surface area contributed by atoms with Crippen molar-refractivity contribution in [1.29, 1.82) is 5.26 Å². The predicted octanol–water partition coefficient (Wildman–Crippen LogP) is 1.77. The summed E-state index contributed by atoms with van der Waals surface area (Å²) in [6.45, 7) is 1.64. The Balaban J connectivity index is 1.76. The van der Waals surface area contributed by atoms with Crippen molar-refractivity contribution in [3.8, 4) is 11.8 Å². The molecule has 1 aliphatic rings. The monoisotopic (exact) mass is 343 g/mol. The van der Waals surface area contributed by atoms with Gasteiger partial charge in [-0.05, 0) is 30.3 Å². The number of sulfonamides is 1. The number of hydrogen-bond acceptors (Lipinski definition) is 5. The number of anilines is 1. The maximum atomic E-state index is 12.7. The van der Waals surface area contributed by atoms with Crippen LogP contribution < -0.4 is 4.90 Å². The van der Waals surface area contributed by atoms with E-state index in [9.17, 15) is 13.5 Å². The van der Waals surface area contributed by atoms with E-state index in [4.69, 9.17) is 5.26 Å². The number of nitriles is 1. The van der Waals surface area contributed by atoms with Gasteiger partial charge in [-0.2, -0.15) is 9.57 Å². The van der Waals surface area contributed by atoms with Crippen LogP contribution in [0.3, 0.4) is 0 Å². The van der Waals surface area contributed by atoms with Crippen LogP contribution in [0, 0.1) is 11.3 Å². The van der Waals surface area contributed by atoms with Crippen molar-refractivity contribution in [2.75, 3.05) is 31.1 Å². The third kappa shape index (κ3) is 3.07. The fourth-order valence-corrected chi connectivity index (χ4v) is 4.24. The van der Waals surface area contributed by atoms with Crippen LogP contribution >= 0.6 is 0 Å². The summed E-state index contributed by atoms with van der Waals surface area (Å²) in [5.74, 6) is 0.190. The van der Waals surface area contributed by atoms with E-state index in [1.165, 1.54) is 16.4 Å². The predicted molar refractivity (Wildman–Crippen MR) is 90.2 cm³/mol. The van der Waals surface area contributed by atoms with Gasteiger partial charge in [-0.3, -0.25) is 0 Å². The van der Waals surface area contributed by atoms with Crippen molar-refractivity contribution in [2.45, 2.75) is 4.90 Å². The SMILES string of the molecule is N#Cc1cccc(S(=O)(=O)N2CCN(c3ccccc3O)CC2)c1. The molecule has 24 heavy (non-hydrogen) atoms. The minimum Gasteiger partial charge on any atom is -0.506 e. The van der Waals surface area contributed by atoms with Crippen molar-refractivity contribution in [1.82, 2.24) is 4.31 Å². The van der Waals surface area contributed by atoms with Crippen LogP contribution in [-0.4, -0.2) is 44.0 Å². The molecule has 0 unspecified atom stereocenters. The lowest BCUT2D eigenvalue weighted by Gasteiger charge is -2.35. The average Bonchev–Trinajstić information content (AvgIpc) is 2.62. The first-order chi connectivity index (χ1) is 11.5. The molecule has 124 valence electrons. The molecule has 6 nitrogen and oxygen atoms in total. The Morgan fingerprint density at radius 1 is 1.00 bits per heavy atom. The minimum atomic E-state index is -3.62. The Morgan fingerprint density at radius 3 is 2.38 bits per heavy atom. The molecule has 0 radical (unpaired) electrons. The lowest BCUT2D eigenvalue weighted by molar-refractivity contribution is 0.382. The van der Waals surface area contributed by atoms with Crippen molar-refractivity contribution in [3.05, 3.63) is 54.1 Å². The summed E-state index contributed by atoms with van der Waals surface area (Å²) >= 11 is 0. The van der Waals surface area contributed by atoms with E-state index in [1.807, 2.05) is 23.1 Å². The molecular formula is C17H17N3O3S. The zero-order chi connectivity index (χ0) is 17.2. The number of para-hydroxylation sites is 2. The zero-order valence-electron chi connectivity index (χ0n) is 13.0. The van der Waals surface area contributed by atoms with E-state index in [0.29, 0.717) is 37.4 Å². The standard InChI is InChI=1S/C17H17N3O3S/c18-13-14-4-3-5-15(12-14)24(22,23)20-10-8-19(9-11-20)16-6-1-2-7-17(16)21/h1-7,12,21H,8-11H2. The Hall–Kier alpha value is -2.56. The second kappa shape index (κ2) is 6.51. The van der Waals surface area contributed by atoms with Crippen molar-refractivity contribution in [2.24, 2.45) is 0 Å². The van der Waals surface area contributed by atoms with E-state index in [2.05, 4.69) is 0 Å². The third-order valence-electron chi connectivity index (χ3n) is 4.06. The van der Waals surface area contributed by atoms with Crippen LogP contribution in [0.1, 0.15) is 5.56 Å². The van der Waals surface area contributed by atoms with Crippen molar-refractivity contribution < 1.29 is 13.5 Å². The zero-order valence-corrected chi connectivity index (χ0v) is 13.8. The first-order valence-corrected chi connectivity index (χ1v) is 8.99. The molecule has 0 bridgehead atoms. The van der Waals surface area contributed by atoms with Gasteiger partial charge in [0, 0.05) is 26.2 Å². The summed E-state index contributed by atoms with van der Waals surface area (Å²) in [6, 6.07) is 15.0. The van der Waals surface area contributed by atoms with Crippen LogP contribution in [0.4, 0.5) is 5.69 Å². The highest BCUT2D eigenvalue weighted by Crippen LogP contribution is 2.28. The molecule has 2 aromatic rings. The number of hydrogen-bond donors (Lipinski definition) is 1. The summed E-state index contributed by atoms with van der Waals surface area (Å²) in [6.07, 6.45) is 0. The number of benzene rings is 2. The minimum absolute atomic E-state index is 0.137. The fourth-order valence-electron chi connectivity index (χ4n) is 2.78. The number of nitrogens with zero attached hydrogens (tertiary/aromatic N) is 3. The number of phenols is 1. The molecular weight excluding hydrogens is 326 g/mol. The number of phenolic OH excluding ortho intramolecular Hbond substituents is 1. The second-order valence-electron chi connectivity index (χ2n) is 5.52. The van der Waals surface area contributed by atoms with Gasteiger partial charge in [0.15, 0.2) is 0 Å². The largest absolute Gasteiger partial charge is 0.506 e. The van der Waals surface area contributed by atoms with Crippen LogP contribution in [0.5, 0.6) is 5.75 Å². The molecule has 0 amide bonds. The van der Waals surface area contributed by atoms with E-state index in [0.717, 1.165) is 0 Å². The van der Waals surface area contributed by atoms with Gasteiger partial charge < -0.3 is 10.0 Å². The van der Waals surface area contributed by atoms with Gasteiger partial charge in [0.05, 0.1) is 22.2 Å². The summed E-state index contributed by atoms with van der Waals surface area (Å²) in [5.41, 5.74) is 1.03. The Bertz CT molecular complexity index is 882. The fraction of sp³-hybridized carbons (Fsp3) is 0.235. The van der Waals surface area contributed by atoms with E-state index in [-0.39, 0.29) is 10.6 Å². The molecule has 0 spiro atoms. The molecule has 1 heterocycles. The quantitative estimate of drug-likeness (QED) is 0.918. The Kier molecular flexibility index (Phi) is 4.42. The molecule has 1 N–H and O–H groups in total. The molecule has 0 aromatic heterocycles. The lowest BCUT2D eigenvalue weighted by atomic mass is 10.2. The maximum absolute atomic E-state index is 12.7. The normalized spacial score (nSPS) is 15.9. The van der Waals surface area contributed by atoms with E-state index in [1.54, 1.807) is 24.3 Å². The van der Waals surface area contributed by atoms with E-state index >= 15 is 0 Å². The van der Waals surface area contributed by atoms with Gasteiger partial charge in [-0.1, -0.05) is 18.2 Å². The van der Waals surface area contributed by atoms with Gasteiger partial charge in [-0.25, -0.2) is 8.42 Å². The van der Waals surface area contributed by atoms with Gasteiger partial charge >= 0.3 is 0 Å². The number of piperazine rings is 1. The molecule has 1 fully saturated rings. The van der Waals surface area contributed by atoms with Gasteiger partial charge in [0.25, 0.3) is 0 Å². The van der Waals surface area contributed by atoms with Gasteiger partial charge in [-0.15, -0.1) is 0 Å². The highest BCUT2D eigenvalue weighted by atomic mass is 32.2. The summed E-state index contributed by atoms with van der Waals surface area (Å²) in [4.78, 5) is 2.10. The molecule has 1 saturated heterocycles. The molecule has 1 aliphatic heterocycles. The highest BCUT2D eigenvalue weighted by molar-refractivity contribution is 7.89. The number of rotatable bonds is 3. The van der Waals surface area contributed by atoms with Crippen LogP contribution in [0.15, 0.2) is 53.4 Å². The highest BCUT2D eigenvalue weighted by Gasteiger charge is 2.29. The smallest absolute Gasteiger partial charge is 0.243 e. The van der Waals surface area contributed by atoms with Crippen LogP contribution in [-0.2, 0) is 10.0 Å². The molecule has 0 saturated carbocycles. The van der Waals surface area contributed by atoms with Crippen LogP contribution in [0.25, 0.3) is 0 Å². The summed E-state index contributed by atoms with van der Waals surface area (Å²) in [7, 11) is -3.62. The molecule has 0 atom stereocenters. The summed E-state index contributed by atoms with van der Waals surface area (Å²) in [5, 5.41) is 18.9. The molecule has 0 aliphatic carbocycles. The Labute approximate surface area is 141 Å².